The molecule has 11 heteroatoms. The van der Waals surface area contributed by atoms with E-state index in [1.807, 2.05) is 18.5 Å². The molecule has 1 unspecified atom stereocenters. The van der Waals surface area contributed by atoms with Gasteiger partial charge in [-0.25, -0.2) is 4.98 Å². The molecule has 1 aliphatic carbocycles. The van der Waals surface area contributed by atoms with Crippen LogP contribution < -0.4 is 15.3 Å². The Morgan fingerprint density at radius 1 is 1.32 bits per heavy atom. The van der Waals surface area contributed by atoms with Gasteiger partial charge in [-0.15, -0.1) is 4.68 Å². The number of halogens is 3. The van der Waals surface area contributed by atoms with E-state index in [2.05, 4.69) is 30.9 Å². The van der Waals surface area contributed by atoms with Crippen LogP contribution in [0, 0.1) is 13.8 Å². The lowest BCUT2D eigenvalue weighted by molar-refractivity contribution is -0.771. The summed E-state index contributed by atoms with van der Waals surface area (Å²) in [5.41, 5.74) is 2.62. The lowest BCUT2D eigenvalue weighted by atomic mass is 10.2. The molecule has 1 aliphatic rings. The van der Waals surface area contributed by atoms with E-state index >= 15 is 0 Å². The molecule has 0 radical (unpaired) electrons. The molecule has 8 nitrogen and oxygen atoms in total. The Labute approximate surface area is 158 Å². The van der Waals surface area contributed by atoms with E-state index in [0.717, 1.165) is 41.8 Å². The van der Waals surface area contributed by atoms with Crippen LogP contribution in [0.5, 0.6) is 0 Å². The first kappa shape index (κ1) is 18.3. The number of rotatable bonds is 4. The van der Waals surface area contributed by atoms with Crippen molar-refractivity contribution in [3.63, 3.8) is 0 Å². The quantitative estimate of drug-likeness (QED) is 0.589. The maximum Gasteiger partial charge on any atom is 0.421 e. The van der Waals surface area contributed by atoms with E-state index < -0.39 is 11.7 Å². The third kappa shape index (κ3) is 2.96. The zero-order valence-electron chi connectivity index (χ0n) is 15.5. The van der Waals surface area contributed by atoms with Crippen molar-refractivity contribution in [3.05, 3.63) is 40.7 Å². The summed E-state index contributed by atoms with van der Waals surface area (Å²) in [6.07, 6.45) is -0.283. The molecular weight excluding hydrogens is 375 g/mol. The van der Waals surface area contributed by atoms with Gasteiger partial charge in [-0.3, -0.25) is 0 Å². The maximum absolute atomic E-state index is 13.0. The fourth-order valence-electron chi connectivity index (χ4n) is 3.51. The summed E-state index contributed by atoms with van der Waals surface area (Å²) in [6.45, 7) is 3.81. The van der Waals surface area contributed by atoms with E-state index in [1.165, 1.54) is 7.05 Å². The van der Waals surface area contributed by atoms with E-state index in [-0.39, 0.29) is 17.8 Å². The molecule has 1 atom stereocenters. The Kier molecular flexibility index (Phi) is 4.24. The normalized spacial score (nSPS) is 16.3. The number of hydrogen-bond donors (Lipinski definition) is 3. The minimum atomic E-state index is -4.53. The smallest absolute Gasteiger partial charge is 0.372 e. The standard InChI is InChI=1S/C17H18F3N7O/c1-8-10-4-5-13(14(10)28-26-8)27-9(2)12(7-23-27)24-16-22-6-11(17(18,19)20)15(21-3)25-16/h6-7,13H,4-5H2,1-3H3,(H2,21,22,24,25)/p+1. The Hall–Kier alpha value is -3.11. The first-order valence-electron chi connectivity index (χ1n) is 8.73. The van der Waals surface area contributed by atoms with Gasteiger partial charge in [-0.05, 0) is 13.3 Å². The largest absolute Gasteiger partial charge is 0.421 e. The second-order valence-electron chi connectivity index (χ2n) is 6.64. The molecule has 0 aliphatic heterocycles. The molecule has 3 aromatic heterocycles. The average molecular weight is 394 g/mol. The van der Waals surface area contributed by atoms with Gasteiger partial charge in [0.1, 0.15) is 17.1 Å². The van der Waals surface area contributed by atoms with Crippen LogP contribution in [0.1, 0.15) is 40.7 Å². The number of fused-ring (bicyclic) bond motifs is 1. The Morgan fingerprint density at radius 3 is 2.82 bits per heavy atom. The molecule has 0 saturated heterocycles. The number of hydrogen-bond acceptors (Lipinski definition) is 6. The van der Waals surface area contributed by atoms with Gasteiger partial charge in [0.05, 0.1) is 11.9 Å². The van der Waals surface area contributed by atoms with Crippen molar-refractivity contribution in [3.8, 4) is 0 Å². The zero-order chi connectivity index (χ0) is 20.1. The molecule has 3 aromatic rings. The monoisotopic (exact) mass is 394 g/mol. The average Bonchev–Trinajstić information content (AvgIpc) is 3.32. The highest BCUT2D eigenvalue weighted by Gasteiger charge is 2.39. The number of aryl methyl sites for hydroxylation is 1. The van der Waals surface area contributed by atoms with Gasteiger partial charge in [0.25, 0.3) is 0 Å². The number of H-pyrrole nitrogens is 1. The van der Waals surface area contributed by atoms with Crippen LogP contribution in [0.15, 0.2) is 16.9 Å². The third-order valence-electron chi connectivity index (χ3n) is 4.97. The highest BCUT2D eigenvalue weighted by Crippen LogP contribution is 2.35. The maximum atomic E-state index is 13.0. The number of nitrogens with zero attached hydrogens (tertiary/aromatic N) is 4. The van der Waals surface area contributed by atoms with Crippen molar-refractivity contribution >= 4 is 17.5 Å². The zero-order valence-corrected chi connectivity index (χ0v) is 15.5. The molecule has 3 heterocycles. The highest BCUT2D eigenvalue weighted by molar-refractivity contribution is 5.56. The van der Waals surface area contributed by atoms with E-state index in [1.54, 1.807) is 6.20 Å². The number of aromatic amines is 1. The van der Waals surface area contributed by atoms with Gasteiger partial charge in [-0.2, -0.15) is 23.3 Å². The summed E-state index contributed by atoms with van der Waals surface area (Å²) in [6, 6.07) is -0.00635. The molecule has 28 heavy (non-hydrogen) atoms. The topological polar surface area (TPSA) is 95.5 Å². The predicted molar refractivity (Wildman–Crippen MR) is 93.3 cm³/mol. The van der Waals surface area contributed by atoms with Crippen molar-refractivity contribution in [1.29, 1.82) is 0 Å². The van der Waals surface area contributed by atoms with Gasteiger partial charge in [0, 0.05) is 32.2 Å². The molecule has 4 rings (SSSR count). The van der Waals surface area contributed by atoms with Crippen molar-refractivity contribution in [2.75, 3.05) is 17.7 Å². The summed E-state index contributed by atoms with van der Waals surface area (Å²) in [4.78, 5) is 7.74. The molecular formula is C17H19F3N7O+. The van der Waals surface area contributed by atoms with Crippen LogP contribution in [0.2, 0.25) is 0 Å². The second-order valence-corrected chi connectivity index (χ2v) is 6.64. The fourth-order valence-corrected chi connectivity index (χ4v) is 3.51. The number of anilines is 3. The molecule has 148 valence electrons. The molecule has 0 spiro atoms. The van der Waals surface area contributed by atoms with Crippen molar-refractivity contribution in [1.82, 2.24) is 20.2 Å². The summed E-state index contributed by atoms with van der Waals surface area (Å²) < 4.78 is 46.4. The number of alkyl halides is 3. The van der Waals surface area contributed by atoms with Crippen LogP contribution in [-0.4, -0.2) is 27.3 Å². The van der Waals surface area contributed by atoms with Crippen molar-refractivity contribution in [2.24, 2.45) is 0 Å². The fraction of sp³-hybridized carbons (Fsp3) is 0.412. The molecule has 3 N–H and O–H groups in total. The second kappa shape index (κ2) is 6.50. The van der Waals surface area contributed by atoms with Crippen LogP contribution >= 0.6 is 0 Å². The molecule has 0 bridgehead atoms. The Bertz CT molecular complexity index is 1020. The Morgan fingerprint density at radius 2 is 2.11 bits per heavy atom. The molecule has 0 amide bonds. The lowest BCUT2D eigenvalue weighted by Crippen LogP contribution is -2.43. The lowest BCUT2D eigenvalue weighted by Gasteiger charge is -2.12. The first-order valence-corrected chi connectivity index (χ1v) is 8.73. The Balaban J connectivity index is 1.61. The van der Waals surface area contributed by atoms with Crippen LogP contribution in [0.4, 0.5) is 30.6 Å². The van der Waals surface area contributed by atoms with Crippen LogP contribution in [0.3, 0.4) is 0 Å². The van der Waals surface area contributed by atoms with Gasteiger partial charge >= 0.3 is 6.18 Å². The number of aromatic nitrogens is 5. The summed E-state index contributed by atoms with van der Waals surface area (Å²) in [5, 5.41) is 12.6. The van der Waals surface area contributed by atoms with Gasteiger partial charge in [0.15, 0.2) is 0 Å². The van der Waals surface area contributed by atoms with Crippen LogP contribution in [0.25, 0.3) is 0 Å². The van der Waals surface area contributed by atoms with Crippen LogP contribution in [-0.2, 0) is 12.6 Å². The van der Waals surface area contributed by atoms with E-state index in [4.69, 9.17) is 4.52 Å². The van der Waals surface area contributed by atoms with Crippen molar-refractivity contribution in [2.45, 2.75) is 38.9 Å². The molecule has 0 saturated carbocycles. The van der Waals surface area contributed by atoms with Gasteiger partial charge in [0.2, 0.25) is 23.4 Å². The predicted octanol–water partition coefficient (Wildman–Crippen LogP) is 3.04. The SMILES string of the molecule is CNc1nc(Nc2c[nH][n+](C3CCc4c(C)noc43)c2C)ncc1C(F)(F)F. The van der Waals surface area contributed by atoms with Gasteiger partial charge in [-0.1, -0.05) is 5.16 Å². The molecule has 0 fully saturated rings. The minimum absolute atomic E-state index is 0.00635. The summed E-state index contributed by atoms with van der Waals surface area (Å²) in [7, 11) is 1.38. The molecule has 0 aromatic carbocycles. The van der Waals surface area contributed by atoms with E-state index in [9.17, 15) is 13.2 Å². The highest BCUT2D eigenvalue weighted by atomic mass is 19.4. The van der Waals surface area contributed by atoms with Gasteiger partial charge < -0.3 is 15.2 Å². The first-order chi connectivity index (χ1) is 13.3. The van der Waals surface area contributed by atoms with Crippen molar-refractivity contribution < 1.29 is 22.4 Å². The minimum Gasteiger partial charge on any atom is -0.372 e. The summed E-state index contributed by atoms with van der Waals surface area (Å²) in [5.74, 6) is 0.611. The summed E-state index contributed by atoms with van der Waals surface area (Å²) >= 11 is 0. The number of nitrogens with one attached hydrogen (secondary N) is 3. The third-order valence-corrected chi connectivity index (χ3v) is 4.97. The van der Waals surface area contributed by atoms with E-state index in [0.29, 0.717) is 5.69 Å².